The van der Waals surface area contributed by atoms with Crippen LogP contribution >= 0.6 is 0 Å². The van der Waals surface area contributed by atoms with Gasteiger partial charge in [-0.05, 0) is 67.6 Å². The van der Waals surface area contributed by atoms with Gasteiger partial charge in [-0.1, -0.05) is 37.5 Å². The van der Waals surface area contributed by atoms with Crippen molar-refractivity contribution in [2.75, 3.05) is 32.7 Å². The first kappa shape index (κ1) is 22.4. The molecule has 0 spiro atoms. The van der Waals surface area contributed by atoms with Crippen molar-refractivity contribution in [3.63, 3.8) is 0 Å². The first-order chi connectivity index (χ1) is 16.2. The lowest BCUT2D eigenvalue weighted by Gasteiger charge is -2.40. The molecule has 1 saturated carbocycles. The van der Waals surface area contributed by atoms with E-state index in [2.05, 4.69) is 9.80 Å². The highest BCUT2D eigenvalue weighted by atomic mass is 19.1. The molecule has 5 rings (SSSR count). The molecule has 2 fully saturated rings. The number of rotatable bonds is 7. The van der Waals surface area contributed by atoms with Crippen LogP contribution in [0.3, 0.4) is 0 Å². The fourth-order valence-corrected chi connectivity index (χ4v) is 5.50. The minimum atomic E-state index is -0.303. The van der Waals surface area contributed by atoms with E-state index >= 15 is 0 Å². The maximum absolute atomic E-state index is 13.3. The second-order valence-corrected chi connectivity index (χ2v) is 9.59. The highest BCUT2D eigenvalue weighted by molar-refractivity contribution is 5.80. The molecule has 0 unspecified atom stereocenters. The lowest BCUT2D eigenvalue weighted by atomic mass is 9.94. The topological polar surface area (TPSA) is 41.6 Å². The molecule has 3 aromatic rings. The largest absolute Gasteiger partial charge is 0.419 e. The van der Waals surface area contributed by atoms with Crippen LogP contribution in [-0.2, 0) is 6.54 Å². The molecule has 33 heavy (non-hydrogen) atoms. The summed E-state index contributed by atoms with van der Waals surface area (Å²) in [6.45, 7) is 6.45. The van der Waals surface area contributed by atoms with Gasteiger partial charge in [-0.15, -0.1) is 0 Å². The molecular weight excluding hydrogens is 417 g/mol. The smallest absolute Gasteiger partial charge is 0.408 e. The zero-order valence-electron chi connectivity index (χ0n) is 19.3. The fourth-order valence-electron chi connectivity index (χ4n) is 5.50. The Morgan fingerprint density at radius 3 is 2.30 bits per heavy atom. The summed E-state index contributed by atoms with van der Waals surface area (Å²) in [7, 11) is 0. The van der Waals surface area contributed by atoms with Gasteiger partial charge in [0.25, 0.3) is 0 Å². The molecule has 2 aromatic carbocycles. The quantitative estimate of drug-likeness (QED) is 0.467. The van der Waals surface area contributed by atoms with Gasteiger partial charge in [0.1, 0.15) is 5.82 Å². The molecule has 2 aliphatic rings. The molecule has 176 valence electrons. The molecule has 1 aliphatic heterocycles. The number of benzene rings is 2. The predicted molar refractivity (Wildman–Crippen MR) is 130 cm³/mol. The Bertz CT molecular complexity index is 1110. The minimum absolute atomic E-state index is 0.254. The van der Waals surface area contributed by atoms with Crippen LogP contribution in [0.4, 0.5) is 4.39 Å². The van der Waals surface area contributed by atoms with E-state index in [4.69, 9.17) is 4.42 Å². The summed E-state index contributed by atoms with van der Waals surface area (Å²) in [5, 5.41) is 0. The van der Waals surface area contributed by atoms with Crippen LogP contribution in [0.25, 0.3) is 22.2 Å². The molecular formula is C27H34FN3O2. The van der Waals surface area contributed by atoms with Crippen LogP contribution in [0, 0.1) is 5.82 Å². The summed E-state index contributed by atoms with van der Waals surface area (Å²) in [5.74, 6) is -0.558. The van der Waals surface area contributed by atoms with Gasteiger partial charge in [0, 0.05) is 38.8 Å². The lowest BCUT2D eigenvalue weighted by molar-refractivity contribution is 0.0780. The monoisotopic (exact) mass is 451 g/mol. The van der Waals surface area contributed by atoms with Gasteiger partial charge in [0.05, 0.1) is 5.52 Å². The molecule has 0 atom stereocenters. The van der Waals surface area contributed by atoms with Crippen molar-refractivity contribution in [2.24, 2.45) is 0 Å². The second kappa shape index (κ2) is 10.2. The van der Waals surface area contributed by atoms with E-state index in [-0.39, 0.29) is 11.6 Å². The van der Waals surface area contributed by atoms with Crippen molar-refractivity contribution in [3.05, 3.63) is 58.8 Å². The predicted octanol–water partition coefficient (Wildman–Crippen LogP) is 5.13. The van der Waals surface area contributed by atoms with Crippen LogP contribution in [0.2, 0.25) is 0 Å². The number of piperazine rings is 1. The van der Waals surface area contributed by atoms with Gasteiger partial charge in [-0.25, -0.2) is 9.18 Å². The zero-order chi connectivity index (χ0) is 22.6. The van der Waals surface area contributed by atoms with Gasteiger partial charge < -0.3 is 9.32 Å². The van der Waals surface area contributed by atoms with Crippen molar-refractivity contribution in [2.45, 2.75) is 57.5 Å². The summed E-state index contributed by atoms with van der Waals surface area (Å²) < 4.78 is 20.5. The van der Waals surface area contributed by atoms with Gasteiger partial charge in [0.2, 0.25) is 0 Å². The highest BCUT2D eigenvalue weighted by Crippen LogP contribution is 2.25. The van der Waals surface area contributed by atoms with Crippen molar-refractivity contribution in [1.82, 2.24) is 14.4 Å². The number of aromatic nitrogens is 1. The maximum atomic E-state index is 13.3. The number of oxazole rings is 1. The Kier molecular flexibility index (Phi) is 6.93. The van der Waals surface area contributed by atoms with Crippen molar-refractivity contribution < 1.29 is 8.81 Å². The third kappa shape index (κ3) is 5.22. The summed E-state index contributed by atoms with van der Waals surface area (Å²) in [6, 6.07) is 13.0. The Hall–Kier alpha value is -2.44. The van der Waals surface area contributed by atoms with Gasteiger partial charge >= 0.3 is 5.76 Å². The molecule has 0 radical (unpaired) electrons. The van der Waals surface area contributed by atoms with Crippen LogP contribution in [0.1, 0.15) is 44.9 Å². The third-order valence-corrected chi connectivity index (χ3v) is 7.45. The molecule has 0 N–H and O–H groups in total. The van der Waals surface area contributed by atoms with Crippen LogP contribution in [-0.4, -0.2) is 53.1 Å². The van der Waals surface area contributed by atoms with Crippen molar-refractivity contribution in [3.8, 4) is 11.1 Å². The number of unbranched alkanes of at least 4 members (excludes halogenated alkanes) is 1. The zero-order valence-corrected chi connectivity index (χ0v) is 19.3. The van der Waals surface area contributed by atoms with Gasteiger partial charge in [0.15, 0.2) is 5.58 Å². The molecule has 1 aromatic heterocycles. The standard InChI is InChI=1S/C27H34FN3O2/c28-23-11-8-21(9-12-23)22-10-13-26-25(20-22)31(27(32)33-26)15-5-4-14-29-16-18-30(19-17-29)24-6-2-1-3-7-24/h8-13,20,24H,1-7,14-19H2. The number of aryl methyl sites for hydroxylation is 1. The molecule has 2 heterocycles. The molecule has 1 aliphatic carbocycles. The Balaban J connectivity index is 1.15. The average Bonchev–Trinajstić information content (AvgIpc) is 3.17. The van der Waals surface area contributed by atoms with E-state index in [0.717, 1.165) is 55.2 Å². The van der Waals surface area contributed by atoms with Gasteiger partial charge in [-0.2, -0.15) is 0 Å². The summed E-state index contributed by atoms with van der Waals surface area (Å²) in [6.07, 6.45) is 9.00. The van der Waals surface area contributed by atoms with Crippen LogP contribution in [0.15, 0.2) is 51.7 Å². The number of hydrogen-bond acceptors (Lipinski definition) is 4. The van der Waals surface area contributed by atoms with Crippen LogP contribution < -0.4 is 5.76 Å². The summed E-state index contributed by atoms with van der Waals surface area (Å²) >= 11 is 0. The number of halogens is 1. The number of nitrogens with zero attached hydrogens (tertiary/aromatic N) is 3. The Morgan fingerprint density at radius 2 is 1.55 bits per heavy atom. The summed E-state index contributed by atoms with van der Waals surface area (Å²) in [5.41, 5.74) is 3.28. The van der Waals surface area contributed by atoms with Crippen molar-refractivity contribution in [1.29, 1.82) is 0 Å². The molecule has 5 nitrogen and oxygen atoms in total. The molecule has 0 bridgehead atoms. The van der Waals surface area contributed by atoms with E-state index in [9.17, 15) is 9.18 Å². The highest BCUT2D eigenvalue weighted by Gasteiger charge is 2.24. The Morgan fingerprint density at radius 1 is 0.848 bits per heavy atom. The Labute approximate surface area is 194 Å². The van der Waals surface area contributed by atoms with E-state index < -0.39 is 0 Å². The first-order valence-corrected chi connectivity index (χ1v) is 12.5. The minimum Gasteiger partial charge on any atom is -0.408 e. The van der Waals surface area contributed by atoms with Gasteiger partial charge in [-0.3, -0.25) is 9.47 Å². The molecule has 0 amide bonds. The number of hydrogen-bond donors (Lipinski definition) is 0. The fraction of sp³-hybridized carbons (Fsp3) is 0.519. The van der Waals surface area contributed by atoms with E-state index in [1.165, 1.54) is 57.3 Å². The second-order valence-electron chi connectivity index (χ2n) is 9.59. The van der Waals surface area contributed by atoms with E-state index in [1.807, 2.05) is 18.2 Å². The normalized spacial score (nSPS) is 18.8. The van der Waals surface area contributed by atoms with E-state index in [1.54, 1.807) is 16.7 Å². The summed E-state index contributed by atoms with van der Waals surface area (Å²) in [4.78, 5) is 17.7. The van der Waals surface area contributed by atoms with Crippen molar-refractivity contribution >= 4 is 11.1 Å². The van der Waals surface area contributed by atoms with E-state index in [0.29, 0.717) is 12.1 Å². The average molecular weight is 452 g/mol. The first-order valence-electron chi connectivity index (χ1n) is 12.5. The lowest BCUT2D eigenvalue weighted by Crippen LogP contribution is -2.50. The SMILES string of the molecule is O=c1oc2ccc(-c3ccc(F)cc3)cc2n1CCCCN1CCN(C2CCCCC2)CC1. The van der Waals surface area contributed by atoms with Crippen LogP contribution in [0.5, 0.6) is 0 Å². The maximum Gasteiger partial charge on any atom is 0.419 e. The molecule has 6 heteroatoms. The molecule has 1 saturated heterocycles. The number of fused-ring (bicyclic) bond motifs is 1. The third-order valence-electron chi connectivity index (χ3n) is 7.45.